The van der Waals surface area contributed by atoms with Crippen molar-refractivity contribution in [3.8, 4) is 0 Å². The lowest BCUT2D eigenvalue weighted by Crippen LogP contribution is -2.37. The Kier molecular flexibility index (Phi) is 42.4. The number of allylic oxidation sites excluding steroid dienone is 10. The van der Waals surface area contributed by atoms with Gasteiger partial charge in [0.2, 0.25) is 5.91 Å². The van der Waals surface area contributed by atoms with E-state index in [0.717, 1.165) is 75.4 Å². The Morgan fingerprint density at radius 1 is 0.603 bits per heavy atom. The van der Waals surface area contributed by atoms with Crippen molar-refractivity contribution in [3.05, 3.63) is 71.9 Å². The van der Waals surface area contributed by atoms with Crippen molar-refractivity contribution in [1.29, 1.82) is 0 Å². The summed E-state index contributed by atoms with van der Waals surface area (Å²) in [4.78, 5) is 51.8. The van der Waals surface area contributed by atoms with Crippen molar-refractivity contribution in [2.24, 2.45) is 5.41 Å². The molecule has 0 aliphatic heterocycles. The average Bonchev–Trinajstić information content (AvgIpc) is 3.29. The van der Waals surface area contributed by atoms with Crippen molar-refractivity contribution in [2.75, 3.05) is 26.3 Å². The third-order valence-corrected chi connectivity index (χ3v) is 13.1. The quantitative estimate of drug-likeness (QED) is 0.0262. The zero-order valence-corrected chi connectivity index (χ0v) is 45.4. The van der Waals surface area contributed by atoms with Crippen molar-refractivity contribution >= 4 is 23.6 Å². The first kappa shape index (κ1) is 64.5. The van der Waals surface area contributed by atoms with Gasteiger partial charge in [-0.1, -0.05) is 224 Å². The maximum Gasteiger partial charge on any atom is 0.305 e. The van der Waals surface area contributed by atoms with Crippen molar-refractivity contribution in [2.45, 2.75) is 260 Å². The van der Waals surface area contributed by atoms with E-state index in [0.29, 0.717) is 44.2 Å². The fourth-order valence-electron chi connectivity index (χ4n) is 8.83. The van der Waals surface area contributed by atoms with Gasteiger partial charge in [-0.3, -0.25) is 19.2 Å². The van der Waals surface area contributed by atoms with Gasteiger partial charge in [-0.15, -0.1) is 0 Å². The Balaban J connectivity index is 0.00000271. The Morgan fingerprint density at radius 3 is 1.43 bits per heavy atom. The number of ether oxygens (including phenoxy) is 2. The molecule has 0 fully saturated rings. The summed E-state index contributed by atoms with van der Waals surface area (Å²) in [6.07, 6.45) is 47.3. The highest BCUT2D eigenvalue weighted by atomic mass is 16.5. The molecule has 0 saturated heterocycles. The molecule has 0 atom stereocenters. The van der Waals surface area contributed by atoms with Crippen LogP contribution in [0.3, 0.4) is 0 Å². The number of unbranched alkanes of at least 4 members (excludes halogenated alkanes) is 23. The second-order valence-electron chi connectivity index (χ2n) is 20.4. The van der Waals surface area contributed by atoms with Crippen LogP contribution >= 0.6 is 0 Å². The monoisotopic (exact) mass is 948 g/mol. The van der Waals surface area contributed by atoms with Crippen LogP contribution in [0.4, 0.5) is 0 Å². The molecule has 0 saturated carbocycles. The van der Waals surface area contributed by atoms with Gasteiger partial charge in [0, 0.05) is 25.7 Å². The lowest BCUT2D eigenvalue weighted by molar-refractivity contribution is -0.147. The summed E-state index contributed by atoms with van der Waals surface area (Å²) in [6.45, 7) is 23.8. The van der Waals surface area contributed by atoms with E-state index in [9.17, 15) is 19.2 Å². The molecule has 68 heavy (non-hydrogen) atoms. The van der Waals surface area contributed by atoms with Gasteiger partial charge in [-0.05, 0) is 88.4 Å². The summed E-state index contributed by atoms with van der Waals surface area (Å²) in [5.41, 5.74) is 5.47. The summed E-state index contributed by atoms with van der Waals surface area (Å²) >= 11 is 0. The molecule has 390 valence electrons. The Morgan fingerprint density at radius 2 is 1.01 bits per heavy atom. The predicted molar refractivity (Wildman–Crippen MR) is 291 cm³/mol. The third-order valence-electron chi connectivity index (χ3n) is 13.1. The number of carbonyl (C=O) groups is 4. The molecule has 0 aromatic heterocycles. The van der Waals surface area contributed by atoms with E-state index >= 15 is 0 Å². The fourth-order valence-corrected chi connectivity index (χ4v) is 8.83. The molecular weight excluding hydrogens is 843 g/mol. The standard InChI is InChI=1S/C47H83NO6.C14H22/c1-5-8-11-13-15-17-19-21-23-25-31-36-46(51)53-40-38-48(45(50)35-30-28-27-29-34-44(49)42-43(4)33-10-7-3)39-41-54-47(52)37-32-26-24-22-20-18-16-14-12-9-6-2;1-11(2)8-9-13-12(3)7-6-10-14(13,4)5/h7,10,33,42H,3,5-6,8-9,11-32,34-41H2,1-2,4H3;8-9H,1,6-7,10H2,2-5H3/b33-10+,43-42+;9-8+. The third kappa shape index (κ3) is 39.4. The van der Waals surface area contributed by atoms with Gasteiger partial charge in [0.25, 0.3) is 0 Å². The van der Waals surface area contributed by atoms with Crippen LogP contribution in [0.5, 0.6) is 0 Å². The molecule has 0 N–H and O–H groups in total. The highest BCUT2D eigenvalue weighted by Crippen LogP contribution is 2.40. The van der Waals surface area contributed by atoms with Crippen LogP contribution in [0.1, 0.15) is 260 Å². The lowest BCUT2D eigenvalue weighted by Gasteiger charge is -2.32. The first-order chi connectivity index (χ1) is 32.8. The lowest BCUT2D eigenvalue weighted by atomic mass is 9.72. The van der Waals surface area contributed by atoms with Crippen LogP contribution in [-0.2, 0) is 28.7 Å². The van der Waals surface area contributed by atoms with E-state index in [4.69, 9.17) is 9.47 Å². The second kappa shape index (κ2) is 44.7. The van der Waals surface area contributed by atoms with Crippen LogP contribution in [0.2, 0.25) is 0 Å². The number of ketones is 1. The van der Waals surface area contributed by atoms with E-state index in [1.165, 1.54) is 128 Å². The molecule has 7 nitrogen and oxygen atoms in total. The molecule has 0 aromatic rings. The summed E-state index contributed by atoms with van der Waals surface area (Å²) in [7, 11) is 0. The van der Waals surface area contributed by atoms with E-state index < -0.39 is 0 Å². The van der Waals surface area contributed by atoms with Gasteiger partial charge in [-0.2, -0.15) is 0 Å². The van der Waals surface area contributed by atoms with Crippen LogP contribution < -0.4 is 0 Å². The highest BCUT2D eigenvalue weighted by molar-refractivity contribution is 5.90. The van der Waals surface area contributed by atoms with Crippen molar-refractivity contribution < 1.29 is 28.7 Å². The maximum absolute atomic E-state index is 13.2. The molecule has 1 aliphatic rings. The number of hydrogen-bond donors (Lipinski definition) is 0. The van der Waals surface area contributed by atoms with E-state index in [1.807, 2.05) is 26.0 Å². The minimum Gasteiger partial charge on any atom is -0.464 e. The van der Waals surface area contributed by atoms with Gasteiger partial charge in [-0.25, -0.2) is 0 Å². The van der Waals surface area contributed by atoms with Crippen LogP contribution in [-0.4, -0.2) is 54.8 Å². The zero-order chi connectivity index (χ0) is 50.5. The van der Waals surface area contributed by atoms with Gasteiger partial charge < -0.3 is 14.4 Å². The summed E-state index contributed by atoms with van der Waals surface area (Å²) in [5, 5.41) is 0. The molecule has 0 heterocycles. The molecule has 0 unspecified atom stereocenters. The van der Waals surface area contributed by atoms with E-state index in [1.54, 1.807) is 22.6 Å². The predicted octanol–water partition coefficient (Wildman–Crippen LogP) is 17.5. The molecular formula is C61H105NO6. The number of nitrogens with zero attached hydrogens (tertiary/aromatic N) is 1. The fraction of sp³-hybridized carbons (Fsp3) is 0.738. The maximum atomic E-state index is 13.2. The first-order valence-corrected chi connectivity index (χ1v) is 27.9. The number of hydrogen-bond acceptors (Lipinski definition) is 6. The molecule has 1 aliphatic carbocycles. The van der Waals surface area contributed by atoms with Gasteiger partial charge in [0.1, 0.15) is 13.2 Å². The summed E-state index contributed by atoms with van der Waals surface area (Å²) < 4.78 is 11.0. The van der Waals surface area contributed by atoms with E-state index in [2.05, 4.69) is 59.9 Å². The first-order valence-electron chi connectivity index (χ1n) is 27.9. The number of esters is 2. The molecule has 0 spiro atoms. The average molecular weight is 949 g/mol. The number of rotatable bonds is 42. The summed E-state index contributed by atoms with van der Waals surface area (Å²) in [5.74, 6) is -0.345. The minimum absolute atomic E-state index is 0.0264. The van der Waals surface area contributed by atoms with Crippen LogP contribution in [0.15, 0.2) is 71.9 Å². The van der Waals surface area contributed by atoms with E-state index in [-0.39, 0.29) is 36.8 Å². The Labute approximate surface area is 419 Å². The largest absolute Gasteiger partial charge is 0.464 e. The summed E-state index contributed by atoms with van der Waals surface area (Å²) in [6, 6.07) is 0. The smallest absolute Gasteiger partial charge is 0.305 e. The SMILES string of the molecule is C=C(C)/C=C/C1=C(C)CCCC1(C)C.C=C/C=C/C(C)=C/C(=O)CCCCCCC(=O)N(CCOC(=O)CCCCCCCCCCCCC)CCOC(=O)CCCCCCCCCCCCC. The van der Waals surface area contributed by atoms with Crippen LogP contribution in [0, 0.1) is 5.41 Å². The molecule has 7 heteroatoms. The van der Waals surface area contributed by atoms with Crippen molar-refractivity contribution in [3.63, 3.8) is 0 Å². The number of amides is 1. The molecule has 0 aromatic carbocycles. The minimum atomic E-state index is -0.215. The van der Waals surface area contributed by atoms with Gasteiger partial charge >= 0.3 is 11.9 Å². The Hall–Kier alpha value is -3.48. The second-order valence-corrected chi connectivity index (χ2v) is 20.4. The Bertz CT molecular complexity index is 1440. The molecule has 0 radical (unpaired) electrons. The van der Waals surface area contributed by atoms with Gasteiger partial charge in [0.05, 0.1) is 13.1 Å². The molecule has 0 bridgehead atoms. The highest BCUT2D eigenvalue weighted by Gasteiger charge is 2.26. The van der Waals surface area contributed by atoms with Crippen LogP contribution in [0.25, 0.3) is 0 Å². The zero-order valence-electron chi connectivity index (χ0n) is 45.4. The van der Waals surface area contributed by atoms with Crippen molar-refractivity contribution in [1.82, 2.24) is 4.90 Å². The van der Waals surface area contributed by atoms with Gasteiger partial charge in [0.15, 0.2) is 5.78 Å². The normalized spacial score (nSPS) is 13.7. The molecule has 1 rings (SSSR count). The number of carbonyl (C=O) groups excluding carboxylic acids is 4. The topological polar surface area (TPSA) is 90.0 Å². The molecule has 1 amide bonds.